The molecule has 0 radical (unpaired) electrons. The molecule has 14 heavy (non-hydrogen) atoms. The number of anilines is 1. The maximum atomic E-state index is 4.08. The van der Waals surface area contributed by atoms with Crippen molar-refractivity contribution in [1.29, 1.82) is 0 Å². The van der Waals surface area contributed by atoms with E-state index in [1.54, 1.807) is 23.1 Å². The van der Waals surface area contributed by atoms with Gasteiger partial charge in [-0.15, -0.1) is 16.8 Å². The van der Waals surface area contributed by atoms with Crippen LogP contribution in [0.25, 0.3) is 0 Å². The molecule has 1 aromatic rings. The maximum Gasteiger partial charge on any atom is 0.206 e. The summed E-state index contributed by atoms with van der Waals surface area (Å²) < 4.78 is 1.05. The normalized spacial score (nSPS) is 10.1. The number of unbranched alkanes of at least 4 members (excludes halogenated alkanes) is 1. The summed E-state index contributed by atoms with van der Waals surface area (Å²) in [7, 11) is 0. The molecular formula is C9H15N3S2. The van der Waals surface area contributed by atoms with Crippen molar-refractivity contribution >= 4 is 28.2 Å². The highest BCUT2D eigenvalue weighted by Gasteiger charge is 2.02. The molecule has 0 bridgehead atoms. The van der Waals surface area contributed by atoms with Crippen LogP contribution in [0.2, 0.25) is 0 Å². The standard InChI is InChI=1S/C9H15N3S2/c1-3-5-7-13-9-12-11-8(14-9)10-6-4-2/h4H,2-3,5-7H2,1H3,(H,10,11). The van der Waals surface area contributed by atoms with Crippen molar-refractivity contribution in [3.8, 4) is 0 Å². The highest BCUT2D eigenvalue weighted by Crippen LogP contribution is 2.25. The van der Waals surface area contributed by atoms with E-state index in [0.717, 1.165) is 21.8 Å². The first-order valence-corrected chi connectivity index (χ1v) is 6.48. The number of thioether (sulfide) groups is 1. The Balaban J connectivity index is 2.31. The van der Waals surface area contributed by atoms with E-state index in [0.29, 0.717) is 0 Å². The van der Waals surface area contributed by atoms with Crippen LogP contribution in [-0.2, 0) is 0 Å². The molecule has 0 fully saturated rings. The van der Waals surface area contributed by atoms with Gasteiger partial charge in [0.05, 0.1) is 0 Å². The molecule has 0 atom stereocenters. The molecule has 0 aliphatic carbocycles. The maximum absolute atomic E-state index is 4.08. The minimum atomic E-state index is 0.744. The van der Waals surface area contributed by atoms with Gasteiger partial charge in [0.1, 0.15) is 0 Å². The molecule has 5 heteroatoms. The predicted molar refractivity (Wildman–Crippen MR) is 64.2 cm³/mol. The second-order valence-electron chi connectivity index (χ2n) is 2.74. The lowest BCUT2D eigenvalue weighted by Crippen LogP contribution is -1.96. The van der Waals surface area contributed by atoms with Crippen molar-refractivity contribution in [3.05, 3.63) is 12.7 Å². The SMILES string of the molecule is C=CCNc1nnc(SCCCC)s1. The molecule has 1 N–H and O–H groups in total. The molecule has 1 heterocycles. The summed E-state index contributed by atoms with van der Waals surface area (Å²) in [5.74, 6) is 1.13. The molecule has 0 aliphatic heterocycles. The molecule has 0 aliphatic rings. The second kappa shape index (κ2) is 6.84. The fourth-order valence-electron chi connectivity index (χ4n) is 0.803. The second-order valence-corrected chi connectivity index (χ2v) is 5.06. The minimum Gasteiger partial charge on any atom is -0.357 e. The Morgan fingerprint density at radius 3 is 3.14 bits per heavy atom. The number of aromatic nitrogens is 2. The van der Waals surface area contributed by atoms with E-state index < -0.39 is 0 Å². The molecule has 0 spiro atoms. The lowest BCUT2D eigenvalue weighted by molar-refractivity contribution is 0.894. The van der Waals surface area contributed by atoms with E-state index in [2.05, 4.69) is 29.0 Å². The molecule has 0 aromatic carbocycles. The number of nitrogens with zero attached hydrogens (tertiary/aromatic N) is 2. The third-order valence-corrected chi connectivity index (χ3v) is 3.63. The summed E-state index contributed by atoms with van der Waals surface area (Å²) in [4.78, 5) is 0. The third-order valence-electron chi connectivity index (χ3n) is 1.53. The van der Waals surface area contributed by atoms with Crippen LogP contribution >= 0.6 is 23.1 Å². The van der Waals surface area contributed by atoms with Gasteiger partial charge in [-0.3, -0.25) is 0 Å². The van der Waals surface area contributed by atoms with Gasteiger partial charge in [0.2, 0.25) is 5.13 Å². The van der Waals surface area contributed by atoms with Crippen LogP contribution in [0.15, 0.2) is 17.0 Å². The van der Waals surface area contributed by atoms with Gasteiger partial charge in [-0.05, 0) is 6.42 Å². The van der Waals surface area contributed by atoms with Crippen LogP contribution in [0.3, 0.4) is 0 Å². The van der Waals surface area contributed by atoms with Crippen LogP contribution < -0.4 is 5.32 Å². The zero-order chi connectivity index (χ0) is 10.2. The van der Waals surface area contributed by atoms with Crippen LogP contribution in [0.4, 0.5) is 5.13 Å². The predicted octanol–water partition coefficient (Wildman–Crippen LogP) is 3.03. The molecule has 78 valence electrons. The number of rotatable bonds is 7. The smallest absolute Gasteiger partial charge is 0.206 e. The fraction of sp³-hybridized carbons (Fsp3) is 0.556. The van der Waals surface area contributed by atoms with Crippen molar-refractivity contribution in [2.45, 2.75) is 24.1 Å². The fourth-order valence-corrected chi connectivity index (χ4v) is 2.72. The Bertz CT molecular complexity index is 273. The van der Waals surface area contributed by atoms with Gasteiger partial charge in [-0.2, -0.15) is 0 Å². The zero-order valence-electron chi connectivity index (χ0n) is 8.32. The molecule has 0 amide bonds. The topological polar surface area (TPSA) is 37.8 Å². The van der Waals surface area contributed by atoms with Gasteiger partial charge in [0.15, 0.2) is 4.34 Å². The molecular weight excluding hydrogens is 214 g/mol. The van der Waals surface area contributed by atoms with E-state index in [4.69, 9.17) is 0 Å². The summed E-state index contributed by atoms with van der Waals surface area (Å²) in [6.45, 7) is 6.57. The van der Waals surface area contributed by atoms with Crippen molar-refractivity contribution in [2.24, 2.45) is 0 Å². The molecule has 1 rings (SSSR count). The summed E-state index contributed by atoms with van der Waals surface area (Å²) >= 11 is 3.38. The van der Waals surface area contributed by atoms with Crippen molar-refractivity contribution in [2.75, 3.05) is 17.6 Å². The summed E-state index contributed by atoms with van der Waals surface area (Å²) in [6.07, 6.45) is 4.28. The minimum absolute atomic E-state index is 0.744. The third kappa shape index (κ3) is 4.11. The van der Waals surface area contributed by atoms with Crippen LogP contribution in [0, 0.1) is 0 Å². The summed E-state index contributed by atoms with van der Waals surface area (Å²) in [5.41, 5.74) is 0. The number of hydrogen-bond donors (Lipinski definition) is 1. The van der Waals surface area contributed by atoms with Crippen molar-refractivity contribution < 1.29 is 0 Å². The molecule has 1 aromatic heterocycles. The van der Waals surface area contributed by atoms with Gasteiger partial charge in [0.25, 0.3) is 0 Å². The van der Waals surface area contributed by atoms with Crippen molar-refractivity contribution in [1.82, 2.24) is 10.2 Å². The van der Waals surface area contributed by atoms with Gasteiger partial charge >= 0.3 is 0 Å². The van der Waals surface area contributed by atoms with Gasteiger partial charge in [0, 0.05) is 12.3 Å². The van der Waals surface area contributed by atoms with Gasteiger partial charge < -0.3 is 5.32 Å². The Hall–Kier alpha value is -0.550. The molecule has 0 saturated carbocycles. The Morgan fingerprint density at radius 1 is 1.57 bits per heavy atom. The zero-order valence-corrected chi connectivity index (χ0v) is 9.96. The lowest BCUT2D eigenvalue weighted by atomic mass is 10.4. The molecule has 3 nitrogen and oxygen atoms in total. The summed E-state index contributed by atoms with van der Waals surface area (Å²) in [6, 6.07) is 0. The summed E-state index contributed by atoms with van der Waals surface area (Å²) in [5, 5.41) is 12.1. The first kappa shape index (κ1) is 11.5. The van der Waals surface area contributed by atoms with Gasteiger partial charge in [-0.1, -0.05) is 42.5 Å². The average Bonchev–Trinajstić information content (AvgIpc) is 2.63. The van der Waals surface area contributed by atoms with Crippen LogP contribution in [0.1, 0.15) is 19.8 Å². The van der Waals surface area contributed by atoms with E-state index in [9.17, 15) is 0 Å². The highest BCUT2D eigenvalue weighted by atomic mass is 32.2. The van der Waals surface area contributed by atoms with E-state index in [-0.39, 0.29) is 0 Å². The molecule has 0 saturated heterocycles. The first-order valence-electron chi connectivity index (χ1n) is 4.68. The molecule has 0 unspecified atom stereocenters. The monoisotopic (exact) mass is 229 g/mol. The Labute approximate surface area is 93.0 Å². The average molecular weight is 229 g/mol. The lowest BCUT2D eigenvalue weighted by Gasteiger charge is -1.93. The van der Waals surface area contributed by atoms with Crippen LogP contribution in [-0.4, -0.2) is 22.5 Å². The Kier molecular flexibility index (Phi) is 5.63. The van der Waals surface area contributed by atoms with Crippen molar-refractivity contribution in [3.63, 3.8) is 0 Å². The van der Waals surface area contributed by atoms with Gasteiger partial charge in [-0.25, -0.2) is 0 Å². The highest BCUT2D eigenvalue weighted by molar-refractivity contribution is 8.01. The quantitative estimate of drug-likeness (QED) is 0.443. The Morgan fingerprint density at radius 2 is 2.43 bits per heavy atom. The number of nitrogens with one attached hydrogen (secondary N) is 1. The van der Waals surface area contributed by atoms with E-state index in [1.807, 2.05) is 6.08 Å². The number of hydrogen-bond acceptors (Lipinski definition) is 5. The van der Waals surface area contributed by atoms with E-state index in [1.165, 1.54) is 12.8 Å². The van der Waals surface area contributed by atoms with E-state index >= 15 is 0 Å². The largest absolute Gasteiger partial charge is 0.357 e. The first-order chi connectivity index (χ1) is 6.86. The van der Waals surface area contributed by atoms with Crippen LogP contribution in [0.5, 0.6) is 0 Å².